The van der Waals surface area contributed by atoms with Crippen LogP contribution >= 0.6 is 0 Å². The maximum Gasteiger partial charge on any atom is 0.199 e. The molecule has 0 spiro atoms. The van der Waals surface area contributed by atoms with Crippen LogP contribution in [0.3, 0.4) is 0 Å². The van der Waals surface area contributed by atoms with E-state index in [4.69, 9.17) is 18.9 Å². The zero-order valence-electron chi connectivity index (χ0n) is 15.6. The summed E-state index contributed by atoms with van der Waals surface area (Å²) in [6, 6.07) is 4.13. The summed E-state index contributed by atoms with van der Waals surface area (Å²) in [5, 5.41) is 0. The Labute approximate surface area is 156 Å². The standard InChI is InChI=1S/C22H30O4/c1-3-9-17-15-20(26-22-12-6-8-14-24-22)18(10-4-2)16-19(17)25-21-11-5-7-13-23-21/h3-4,15-16,21-22H,1-2,5-14H2. The zero-order chi connectivity index (χ0) is 18.2. The van der Waals surface area contributed by atoms with E-state index < -0.39 is 0 Å². The summed E-state index contributed by atoms with van der Waals surface area (Å²) in [6.07, 6.45) is 11.2. The lowest BCUT2D eigenvalue weighted by Crippen LogP contribution is -2.26. The van der Waals surface area contributed by atoms with Crippen molar-refractivity contribution < 1.29 is 18.9 Å². The van der Waals surface area contributed by atoms with E-state index in [9.17, 15) is 0 Å². The van der Waals surface area contributed by atoms with Crippen molar-refractivity contribution >= 4 is 0 Å². The molecule has 0 N–H and O–H groups in total. The van der Waals surface area contributed by atoms with Crippen LogP contribution in [0.5, 0.6) is 11.5 Å². The topological polar surface area (TPSA) is 36.9 Å². The summed E-state index contributed by atoms with van der Waals surface area (Å²) in [5.41, 5.74) is 2.13. The van der Waals surface area contributed by atoms with E-state index in [1.54, 1.807) is 0 Å². The van der Waals surface area contributed by atoms with Gasteiger partial charge in [0.05, 0.1) is 13.2 Å². The van der Waals surface area contributed by atoms with E-state index in [2.05, 4.69) is 25.3 Å². The largest absolute Gasteiger partial charge is 0.465 e. The first kappa shape index (κ1) is 19.0. The van der Waals surface area contributed by atoms with Crippen molar-refractivity contribution in [3.63, 3.8) is 0 Å². The molecule has 142 valence electrons. The zero-order valence-corrected chi connectivity index (χ0v) is 15.6. The van der Waals surface area contributed by atoms with E-state index >= 15 is 0 Å². The monoisotopic (exact) mass is 358 g/mol. The molecule has 0 radical (unpaired) electrons. The highest BCUT2D eigenvalue weighted by molar-refractivity contribution is 5.48. The summed E-state index contributed by atoms with van der Waals surface area (Å²) in [7, 11) is 0. The SMILES string of the molecule is C=CCc1cc(OC2CCCCO2)c(CC=C)cc1OC1CCCCO1. The molecule has 0 aromatic heterocycles. The summed E-state index contributed by atoms with van der Waals surface area (Å²) in [4.78, 5) is 0. The highest BCUT2D eigenvalue weighted by atomic mass is 16.7. The second-order valence-electron chi connectivity index (χ2n) is 6.88. The quantitative estimate of drug-likeness (QED) is 0.616. The fraction of sp³-hybridized carbons (Fsp3) is 0.545. The van der Waals surface area contributed by atoms with Gasteiger partial charge in [-0.15, -0.1) is 13.2 Å². The van der Waals surface area contributed by atoms with Gasteiger partial charge in [0.15, 0.2) is 12.6 Å². The van der Waals surface area contributed by atoms with Crippen LogP contribution in [0.1, 0.15) is 49.7 Å². The van der Waals surface area contributed by atoms with E-state index in [0.29, 0.717) is 0 Å². The molecule has 2 aliphatic heterocycles. The minimum absolute atomic E-state index is 0.169. The Hall–Kier alpha value is -1.78. The molecule has 2 atom stereocenters. The fourth-order valence-corrected chi connectivity index (χ4v) is 3.39. The third-order valence-corrected chi connectivity index (χ3v) is 4.76. The average Bonchev–Trinajstić information content (AvgIpc) is 2.67. The number of ether oxygens (including phenoxy) is 4. The second-order valence-corrected chi connectivity index (χ2v) is 6.88. The van der Waals surface area contributed by atoms with Crippen LogP contribution in [0.4, 0.5) is 0 Å². The van der Waals surface area contributed by atoms with Gasteiger partial charge in [0.2, 0.25) is 0 Å². The normalized spacial score (nSPS) is 23.2. The Balaban J connectivity index is 1.83. The first-order valence-electron chi connectivity index (χ1n) is 9.74. The summed E-state index contributed by atoms with van der Waals surface area (Å²) >= 11 is 0. The molecule has 2 heterocycles. The van der Waals surface area contributed by atoms with Crippen LogP contribution in [-0.2, 0) is 22.3 Å². The van der Waals surface area contributed by atoms with Gasteiger partial charge >= 0.3 is 0 Å². The minimum atomic E-state index is -0.169. The van der Waals surface area contributed by atoms with Crippen molar-refractivity contribution in [3.05, 3.63) is 48.6 Å². The van der Waals surface area contributed by atoms with E-state index in [1.807, 2.05) is 12.2 Å². The molecule has 2 fully saturated rings. The van der Waals surface area contributed by atoms with Gasteiger partial charge in [-0.1, -0.05) is 12.2 Å². The third-order valence-electron chi connectivity index (χ3n) is 4.76. The fourth-order valence-electron chi connectivity index (χ4n) is 3.39. The van der Waals surface area contributed by atoms with Crippen molar-refractivity contribution in [2.45, 2.75) is 63.9 Å². The van der Waals surface area contributed by atoms with E-state index in [1.165, 1.54) is 0 Å². The highest BCUT2D eigenvalue weighted by Gasteiger charge is 2.21. The second kappa shape index (κ2) is 9.79. The summed E-state index contributed by atoms with van der Waals surface area (Å²) in [6.45, 7) is 9.29. The molecule has 1 aromatic rings. The molecule has 2 aliphatic rings. The Morgan fingerprint density at radius 3 is 1.62 bits per heavy atom. The highest BCUT2D eigenvalue weighted by Crippen LogP contribution is 2.33. The maximum atomic E-state index is 6.18. The number of allylic oxidation sites excluding steroid dienone is 2. The Morgan fingerprint density at radius 2 is 1.27 bits per heavy atom. The minimum Gasteiger partial charge on any atom is -0.465 e. The van der Waals surface area contributed by atoms with Crippen LogP contribution in [-0.4, -0.2) is 25.8 Å². The first-order valence-corrected chi connectivity index (χ1v) is 9.74. The van der Waals surface area contributed by atoms with Gasteiger partial charge in [0.1, 0.15) is 11.5 Å². The van der Waals surface area contributed by atoms with Crippen LogP contribution in [0.25, 0.3) is 0 Å². The lowest BCUT2D eigenvalue weighted by atomic mass is 10.0. The van der Waals surface area contributed by atoms with E-state index in [-0.39, 0.29) is 12.6 Å². The van der Waals surface area contributed by atoms with Crippen molar-refractivity contribution in [1.29, 1.82) is 0 Å². The van der Waals surface area contributed by atoms with Crippen molar-refractivity contribution in [1.82, 2.24) is 0 Å². The first-order chi connectivity index (χ1) is 12.8. The molecule has 26 heavy (non-hydrogen) atoms. The van der Waals surface area contributed by atoms with Crippen LogP contribution in [0.2, 0.25) is 0 Å². The lowest BCUT2D eigenvalue weighted by Gasteiger charge is -2.27. The van der Waals surface area contributed by atoms with Crippen LogP contribution in [0.15, 0.2) is 37.4 Å². The van der Waals surface area contributed by atoms with Gasteiger partial charge < -0.3 is 18.9 Å². The Morgan fingerprint density at radius 1 is 0.808 bits per heavy atom. The molecule has 0 saturated carbocycles. The number of hydrogen-bond donors (Lipinski definition) is 0. The van der Waals surface area contributed by atoms with Crippen molar-refractivity contribution in [2.75, 3.05) is 13.2 Å². The van der Waals surface area contributed by atoms with Gasteiger partial charge in [-0.05, 0) is 50.7 Å². The maximum absolute atomic E-state index is 6.18. The molecule has 2 saturated heterocycles. The van der Waals surface area contributed by atoms with Crippen LogP contribution in [0, 0.1) is 0 Å². The van der Waals surface area contributed by atoms with Crippen LogP contribution < -0.4 is 9.47 Å². The predicted octanol–water partition coefficient (Wildman–Crippen LogP) is 4.95. The Kier molecular flexibility index (Phi) is 7.15. The van der Waals surface area contributed by atoms with Gasteiger partial charge in [0, 0.05) is 24.0 Å². The van der Waals surface area contributed by atoms with Crippen molar-refractivity contribution in [3.8, 4) is 11.5 Å². The summed E-state index contributed by atoms with van der Waals surface area (Å²) < 4.78 is 23.9. The predicted molar refractivity (Wildman–Crippen MR) is 103 cm³/mol. The number of benzene rings is 1. The average molecular weight is 358 g/mol. The van der Waals surface area contributed by atoms with E-state index in [0.717, 1.165) is 87.2 Å². The number of hydrogen-bond acceptors (Lipinski definition) is 4. The molecular weight excluding hydrogens is 328 g/mol. The van der Waals surface area contributed by atoms with Gasteiger partial charge in [-0.25, -0.2) is 0 Å². The van der Waals surface area contributed by atoms with Gasteiger partial charge in [-0.3, -0.25) is 0 Å². The van der Waals surface area contributed by atoms with Crippen molar-refractivity contribution in [2.24, 2.45) is 0 Å². The Bertz CT molecular complexity index is 545. The number of rotatable bonds is 8. The van der Waals surface area contributed by atoms with Gasteiger partial charge in [0.25, 0.3) is 0 Å². The molecule has 4 nitrogen and oxygen atoms in total. The lowest BCUT2D eigenvalue weighted by molar-refractivity contribution is -0.108. The molecule has 3 rings (SSSR count). The molecule has 0 aliphatic carbocycles. The van der Waals surface area contributed by atoms with Gasteiger partial charge in [-0.2, -0.15) is 0 Å². The molecule has 0 amide bonds. The smallest absolute Gasteiger partial charge is 0.199 e. The molecule has 4 heteroatoms. The molecule has 2 unspecified atom stereocenters. The third kappa shape index (κ3) is 5.12. The molecular formula is C22H30O4. The molecule has 1 aromatic carbocycles. The molecule has 0 bridgehead atoms. The summed E-state index contributed by atoms with van der Waals surface area (Å²) in [5.74, 6) is 1.70.